The van der Waals surface area contributed by atoms with Crippen LogP contribution in [0.2, 0.25) is 0 Å². The van der Waals surface area contributed by atoms with Crippen molar-refractivity contribution in [1.29, 1.82) is 0 Å². The molecule has 0 aromatic carbocycles. The number of hydrogen-bond acceptors (Lipinski definition) is 4. The molecule has 1 aromatic rings. The predicted molar refractivity (Wildman–Crippen MR) is 83.5 cm³/mol. The molecule has 2 fully saturated rings. The second-order valence-corrected chi connectivity index (χ2v) is 8.72. The third-order valence-electron chi connectivity index (χ3n) is 4.94. The van der Waals surface area contributed by atoms with E-state index in [4.69, 9.17) is 0 Å². The zero-order valence-corrected chi connectivity index (χ0v) is 13.9. The van der Waals surface area contributed by atoms with Crippen LogP contribution in [0.5, 0.6) is 0 Å². The quantitative estimate of drug-likeness (QED) is 0.932. The van der Waals surface area contributed by atoms with Crippen LogP contribution < -0.4 is 0 Å². The van der Waals surface area contributed by atoms with E-state index in [1.807, 2.05) is 6.20 Å². The van der Waals surface area contributed by atoms with Crippen LogP contribution in [-0.4, -0.2) is 34.0 Å². The van der Waals surface area contributed by atoms with Gasteiger partial charge >= 0.3 is 5.97 Å². The fraction of sp³-hybridized carbons (Fsp3) is 0.750. The van der Waals surface area contributed by atoms with Crippen LogP contribution in [-0.2, 0) is 16.8 Å². The topological polar surface area (TPSA) is 53.4 Å². The minimum atomic E-state index is -0.591. The Morgan fingerprint density at radius 1 is 1.57 bits per heavy atom. The lowest BCUT2D eigenvalue weighted by molar-refractivity contribution is -0.149. The number of carboxylic acid groups (broad SMARTS) is 1. The highest BCUT2D eigenvalue weighted by Crippen LogP contribution is 2.49. The fourth-order valence-corrected chi connectivity index (χ4v) is 4.82. The third-order valence-corrected chi connectivity index (χ3v) is 6.35. The summed E-state index contributed by atoms with van der Waals surface area (Å²) in [4.78, 5) is 19.8. The Balaban J connectivity index is 1.70. The van der Waals surface area contributed by atoms with Crippen LogP contribution in [0.3, 0.4) is 0 Å². The minimum Gasteiger partial charge on any atom is -0.481 e. The zero-order valence-electron chi connectivity index (χ0n) is 13.1. The van der Waals surface area contributed by atoms with Gasteiger partial charge in [-0.25, -0.2) is 4.98 Å². The van der Waals surface area contributed by atoms with Gasteiger partial charge in [0.1, 0.15) is 0 Å². The van der Waals surface area contributed by atoms with Crippen LogP contribution in [0.4, 0.5) is 0 Å². The van der Waals surface area contributed by atoms with Gasteiger partial charge in [0.05, 0.1) is 10.4 Å². The molecule has 3 rings (SSSR count). The summed E-state index contributed by atoms with van der Waals surface area (Å²) in [7, 11) is 0. The number of fused-ring (bicyclic) bond motifs is 1. The van der Waals surface area contributed by atoms with Crippen molar-refractivity contribution < 1.29 is 9.90 Å². The Labute approximate surface area is 130 Å². The molecule has 0 spiro atoms. The van der Waals surface area contributed by atoms with E-state index in [0.717, 1.165) is 37.4 Å². The standard InChI is InChI=1S/C16H24N2O2S/c1-15(2,3)13-17-7-12(21-13)9-18-8-11-5-4-6-16(11,10-18)14(19)20/h7,11H,4-6,8-10H2,1-3H3,(H,19,20)/t11-,16+/m0/s1. The lowest BCUT2D eigenvalue weighted by Gasteiger charge is -2.23. The van der Waals surface area contributed by atoms with E-state index in [1.54, 1.807) is 11.3 Å². The summed E-state index contributed by atoms with van der Waals surface area (Å²) >= 11 is 1.76. The maximum Gasteiger partial charge on any atom is 0.311 e. The molecule has 5 heteroatoms. The van der Waals surface area contributed by atoms with Gasteiger partial charge in [0.2, 0.25) is 0 Å². The first kappa shape index (κ1) is 15.0. The summed E-state index contributed by atoms with van der Waals surface area (Å²) in [5.74, 6) is -0.253. The number of thiazole rings is 1. The van der Waals surface area contributed by atoms with Crippen molar-refractivity contribution in [1.82, 2.24) is 9.88 Å². The highest BCUT2D eigenvalue weighted by Gasteiger charge is 2.54. The van der Waals surface area contributed by atoms with Crippen molar-refractivity contribution in [3.05, 3.63) is 16.1 Å². The SMILES string of the molecule is CC(C)(C)c1ncc(CN2C[C@@H]3CCC[C@@]3(C(=O)O)C2)s1. The van der Waals surface area contributed by atoms with Crippen molar-refractivity contribution in [3.8, 4) is 0 Å². The van der Waals surface area contributed by atoms with E-state index >= 15 is 0 Å². The van der Waals surface area contributed by atoms with Gasteiger partial charge < -0.3 is 5.11 Å². The first-order valence-corrected chi connectivity index (χ1v) is 8.54. The van der Waals surface area contributed by atoms with Crippen LogP contribution in [0.15, 0.2) is 6.20 Å². The smallest absolute Gasteiger partial charge is 0.311 e. The summed E-state index contributed by atoms with van der Waals surface area (Å²) in [6.45, 7) is 9.00. The van der Waals surface area contributed by atoms with Crippen molar-refractivity contribution in [2.45, 2.75) is 52.0 Å². The maximum atomic E-state index is 11.7. The molecule has 0 bridgehead atoms. The van der Waals surface area contributed by atoms with Gasteiger partial charge in [-0.1, -0.05) is 27.2 Å². The van der Waals surface area contributed by atoms with E-state index in [-0.39, 0.29) is 5.41 Å². The Hall–Kier alpha value is -0.940. The predicted octanol–water partition coefficient (Wildman–Crippen LogP) is 3.13. The van der Waals surface area contributed by atoms with Gasteiger partial charge in [-0.2, -0.15) is 0 Å². The van der Waals surface area contributed by atoms with Gasteiger partial charge in [-0.05, 0) is 18.8 Å². The van der Waals surface area contributed by atoms with E-state index in [2.05, 4.69) is 30.7 Å². The van der Waals surface area contributed by atoms with Crippen molar-refractivity contribution in [2.75, 3.05) is 13.1 Å². The Morgan fingerprint density at radius 2 is 2.33 bits per heavy atom. The van der Waals surface area contributed by atoms with Crippen LogP contribution >= 0.6 is 11.3 Å². The number of aliphatic carboxylic acids is 1. The molecule has 0 amide bonds. The molecule has 1 aliphatic carbocycles. The van der Waals surface area contributed by atoms with Gasteiger partial charge in [0, 0.05) is 36.1 Å². The molecule has 1 saturated heterocycles. The average molecular weight is 308 g/mol. The van der Waals surface area contributed by atoms with E-state index in [1.165, 1.54) is 4.88 Å². The second-order valence-electron chi connectivity index (χ2n) is 7.60. The molecule has 1 aromatic heterocycles. The number of carbonyl (C=O) groups is 1. The number of likely N-dealkylation sites (tertiary alicyclic amines) is 1. The second kappa shape index (κ2) is 5.06. The molecule has 4 nitrogen and oxygen atoms in total. The van der Waals surface area contributed by atoms with Crippen molar-refractivity contribution in [2.24, 2.45) is 11.3 Å². The van der Waals surface area contributed by atoms with Gasteiger partial charge in [0.15, 0.2) is 0 Å². The molecule has 2 atom stereocenters. The fourth-order valence-electron chi connectivity index (χ4n) is 3.81. The number of hydrogen-bond donors (Lipinski definition) is 1. The normalized spacial score (nSPS) is 29.8. The lowest BCUT2D eigenvalue weighted by atomic mass is 9.81. The van der Waals surface area contributed by atoms with Gasteiger partial charge in [-0.3, -0.25) is 9.69 Å². The Kier molecular flexibility index (Phi) is 3.61. The number of carboxylic acids is 1. The zero-order chi connectivity index (χ0) is 15.3. The summed E-state index contributed by atoms with van der Waals surface area (Å²) in [6, 6.07) is 0. The molecule has 2 heterocycles. The van der Waals surface area contributed by atoms with Crippen LogP contribution in [0.25, 0.3) is 0 Å². The maximum absolute atomic E-state index is 11.7. The molecular weight excluding hydrogens is 284 g/mol. The summed E-state index contributed by atoms with van der Waals surface area (Å²) in [5, 5.41) is 10.8. The molecule has 1 N–H and O–H groups in total. The average Bonchev–Trinajstić information content (AvgIpc) is 3.01. The molecule has 1 aliphatic heterocycles. The summed E-state index contributed by atoms with van der Waals surface area (Å²) < 4.78 is 0. The number of rotatable bonds is 3. The van der Waals surface area contributed by atoms with E-state index in [9.17, 15) is 9.90 Å². The highest BCUT2D eigenvalue weighted by atomic mass is 32.1. The summed E-state index contributed by atoms with van der Waals surface area (Å²) in [6.07, 6.45) is 4.95. The largest absolute Gasteiger partial charge is 0.481 e. The molecule has 0 radical (unpaired) electrons. The van der Waals surface area contributed by atoms with Crippen LogP contribution in [0.1, 0.15) is 49.9 Å². The highest BCUT2D eigenvalue weighted by molar-refractivity contribution is 7.11. The Morgan fingerprint density at radius 3 is 2.90 bits per heavy atom. The third kappa shape index (κ3) is 2.61. The molecule has 116 valence electrons. The van der Waals surface area contributed by atoms with E-state index < -0.39 is 11.4 Å². The first-order valence-electron chi connectivity index (χ1n) is 7.72. The van der Waals surface area contributed by atoms with Crippen LogP contribution in [0, 0.1) is 11.3 Å². The van der Waals surface area contributed by atoms with Crippen molar-refractivity contribution >= 4 is 17.3 Å². The minimum absolute atomic E-state index is 0.0900. The van der Waals surface area contributed by atoms with E-state index in [0.29, 0.717) is 12.5 Å². The monoisotopic (exact) mass is 308 g/mol. The van der Waals surface area contributed by atoms with Gasteiger partial charge in [0.25, 0.3) is 0 Å². The molecular formula is C16H24N2O2S. The number of aromatic nitrogens is 1. The van der Waals surface area contributed by atoms with Gasteiger partial charge in [-0.15, -0.1) is 11.3 Å². The molecule has 1 saturated carbocycles. The van der Waals surface area contributed by atoms with Crippen molar-refractivity contribution in [3.63, 3.8) is 0 Å². The Bertz CT molecular complexity index is 549. The number of nitrogens with zero attached hydrogens (tertiary/aromatic N) is 2. The molecule has 2 aliphatic rings. The lowest BCUT2D eigenvalue weighted by Crippen LogP contribution is -2.35. The summed E-state index contributed by atoms with van der Waals surface area (Å²) in [5.41, 5.74) is -0.385. The molecule has 21 heavy (non-hydrogen) atoms. The first-order chi connectivity index (χ1) is 9.81. The molecule has 0 unspecified atom stereocenters.